The summed E-state index contributed by atoms with van der Waals surface area (Å²) in [7, 11) is 0. The average Bonchev–Trinajstić information content (AvgIpc) is 2.98. The van der Waals surface area contributed by atoms with Crippen LogP contribution in [0.3, 0.4) is 0 Å². The second-order valence-electron chi connectivity index (χ2n) is 5.15. The molecule has 0 radical (unpaired) electrons. The Morgan fingerprint density at radius 3 is 2.43 bits per heavy atom. The van der Waals surface area contributed by atoms with E-state index in [9.17, 15) is 8.78 Å². The molecule has 0 N–H and O–H groups in total. The lowest BCUT2D eigenvalue weighted by Crippen LogP contribution is -1.86. The van der Waals surface area contributed by atoms with Crippen molar-refractivity contribution in [3.63, 3.8) is 0 Å². The minimum atomic E-state index is -0.576. The SMILES string of the molecule is Fc1cccc(F)c1/C=C/c1nc2c(ccc3ccccc32)s1. The van der Waals surface area contributed by atoms with Gasteiger partial charge in [0.05, 0.1) is 10.2 Å². The molecule has 23 heavy (non-hydrogen) atoms. The highest BCUT2D eigenvalue weighted by molar-refractivity contribution is 7.19. The summed E-state index contributed by atoms with van der Waals surface area (Å²) < 4.78 is 28.4. The fourth-order valence-corrected chi connectivity index (χ4v) is 3.46. The molecule has 0 atom stereocenters. The van der Waals surface area contributed by atoms with Crippen molar-refractivity contribution in [2.75, 3.05) is 0 Å². The van der Waals surface area contributed by atoms with Crippen molar-refractivity contribution < 1.29 is 8.78 Å². The highest BCUT2D eigenvalue weighted by Gasteiger charge is 2.07. The Bertz CT molecular complexity index is 1030. The monoisotopic (exact) mass is 323 g/mol. The van der Waals surface area contributed by atoms with Gasteiger partial charge in [0, 0.05) is 10.9 Å². The van der Waals surface area contributed by atoms with E-state index in [1.165, 1.54) is 35.6 Å². The Morgan fingerprint density at radius 1 is 0.826 bits per heavy atom. The molecule has 4 rings (SSSR count). The number of nitrogens with zero attached hydrogens (tertiary/aromatic N) is 1. The van der Waals surface area contributed by atoms with E-state index in [4.69, 9.17) is 0 Å². The largest absolute Gasteiger partial charge is 0.236 e. The molecule has 0 fully saturated rings. The zero-order valence-electron chi connectivity index (χ0n) is 12.0. The van der Waals surface area contributed by atoms with Crippen LogP contribution in [0.2, 0.25) is 0 Å². The van der Waals surface area contributed by atoms with E-state index in [0.29, 0.717) is 0 Å². The lowest BCUT2D eigenvalue weighted by Gasteiger charge is -1.97. The van der Waals surface area contributed by atoms with Gasteiger partial charge in [0.2, 0.25) is 0 Å². The summed E-state index contributed by atoms with van der Waals surface area (Å²) >= 11 is 1.50. The van der Waals surface area contributed by atoms with E-state index in [0.717, 1.165) is 26.0 Å². The van der Waals surface area contributed by atoms with E-state index >= 15 is 0 Å². The summed E-state index contributed by atoms with van der Waals surface area (Å²) in [6.45, 7) is 0. The molecule has 1 aromatic heterocycles. The summed E-state index contributed by atoms with van der Waals surface area (Å²) in [5, 5.41) is 2.93. The van der Waals surface area contributed by atoms with Crippen LogP contribution >= 0.6 is 11.3 Å². The van der Waals surface area contributed by atoms with Gasteiger partial charge in [0.15, 0.2) is 0 Å². The number of hydrogen-bond donors (Lipinski definition) is 0. The maximum absolute atomic E-state index is 13.7. The van der Waals surface area contributed by atoms with Gasteiger partial charge in [0.1, 0.15) is 16.6 Å². The van der Waals surface area contributed by atoms with Gasteiger partial charge in [-0.1, -0.05) is 36.4 Å². The zero-order valence-corrected chi connectivity index (χ0v) is 12.8. The minimum absolute atomic E-state index is 0.0448. The van der Waals surface area contributed by atoms with E-state index in [2.05, 4.69) is 11.1 Å². The standard InChI is InChI=1S/C19H11F2NS/c20-15-6-3-7-16(21)14(15)9-11-18-22-19-13-5-2-1-4-12(13)8-10-17(19)23-18/h1-11H/b11-9+. The van der Waals surface area contributed by atoms with Gasteiger partial charge in [-0.15, -0.1) is 11.3 Å². The number of aromatic nitrogens is 1. The van der Waals surface area contributed by atoms with Gasteiger partial charge in [0.25, 0.3) is 0 Å². The third-order valence-corrected chi connectivity index (χ3v) is 4.68. The van der Waals surface area contributed by atoms with Crippen LogP contribution in [-0.2, 0) is 0 Å². The van der Waals surface area contributed by atoms with Crippen molar-refractivity contribution in [1.29, 1.82) is 0 Å². The molecule has 1 nitrogen and oxygen atoms in total. The number of rotatable bonds is 2. The lowest BCUT2D eigenvalue weighted by atomic mass is 10.1. The van der Waals surface area contributed by atoms with Gasteiger partial charge in [-0.2, -0.15) is 0 Å². The van der Waals surface area contributed by atoms with Crippen molar-refractivity contribution in [3.8, 4) is 0 Å². The summed E-state index contributed by atoms with van der Waals surface area (Å²) in [6, 6.07) is 16.0. The molecule has 4 aromatic rings. The van der Waals surface area contributed by atoms with E-state index < -0.39 is 11.6 Å². The van der Waals surface area contributed by atoms with E-state index in [1.54, 1.807) is 6.08 Å². The molecular weight excluding hydrogens is 312 g/mol. The number of halogens is 2. The van der Waals surface area contributed by atoms with Crippen molar-refractivity contribution >= 4 is 44.5 Å². The normalized spacial score (nSPS) is 11.7. The van der Waals surface area contributed by atoms with Crippen LogP contribution < -0.4 is 0 Å². The minimum Gasteiger partial charge on any atom is -0.236 e. The Balaban J connectivity index is 1.81. The zero-order chi connectivity index (χ0) is 15.8. The first kappa shape index (κ1) is 14.0. The molecule has 0 unspecified atom stereocenters. The molecule has 0 saturated heterocycles. The summed E-state index contributed by atoms with van der Waals surface area (Å²) in [4.78, 5) is 4.60. The Labute approximate surface area is 135 Å². The fourth-order valence-electron chi connectivity index (χ4n) is 2.57. The highest BCUT2D eigenvalue weighted by Crippen LogP contribution is 2.30. The molecule has 4 heteroatoms. The van der Waals surface area contributed by atoms with Crippen molar-refractivity contribution in [1.82, 2.24) is 4.98 Å². The van der Waals surface area contributed by atoms with Crippen LogP contribution in [0.1, 0.15) is 10.6 Å². The van der Waals surface area contributed by atoms with Crippen LogP contribution in [0, 0.1) is 11.6 Å². The number of hydrogen-bond acceptors (Lipinski definition) is 2. The number of benzene rings is 3. The van der Waals surface area contributed by atoms with Gasteiger partial charge in [-0.3, -0.25) is 0 Å². The predicted molar refractivity (Wildman–Crippen MR) is 92.4 cm³/mol. The maximum Gasteiger partial charge on any atom is 0.133 e. The van der Waals surface area contributed by atoms with Gasteiger partial charge in [-0.05, 0) is 35.7 Å². The predicted octanol–water partition coefficient (Wildman–Crippen LogP) is 5.90. The van der Waals surface area contributed by atoms with Crippen LogP contribution in [0.25, 0.3) is 33.1 Å². The molecule has 1 heterocycles. The Morgan fingerprint density at radius 2 is 1.61 bits per heavy atom. The first-order valence-electron chi connectivity index (χ1n) is 7.13. The summed E-state index contributed by atoms with van der Waals surface area (Å²) in [5.41, 5.74) is 0.873. The van der Waals surface area contributed by atoms with Gasteiger partial charge in [-0.25, -0.2) is 13.8 Å². The first-order valence-corrected chi connectivity index (χ1v) is 7.94. The quantitative estimate of drug-likeness (QED) is 0.447. The third kappa shape index (κ3) is 2.51. The van der Waals surface area contributed by atoms with Crippen molar-refractivity contribution in [2.24, 2.45) is 0 Å². The molecule has 0 aliphatic heterocycles. The van der Waals surface area contributed by atoms with Gasteiger partial charge >= 0.3 is 0 Å². The Hall–Kier alpha value is -2.59. The smallest absolute Gasteiger partial charge is 0.133 e. The molecule has 0 amide bonds. The highest BCUT2D eigenvalue weighted by atomic mass is 32.1. The molecule has 112 valence electrons. The summed E-state index contributed by atoms with van der Waals surface area (Å²) in [5.74, 6) is -1.15. The topological polar surface area (TPSA) is 12.9 Å². The second kappa shape index (κ2) is 5.56. The van der Waals surface area contributed by atoms with Crippen LogP contribution in [0.15, 0.2) is 54.6 Å². The average molecular weight is 323 g/mol. The number of thiazole rings is 1. The first-order chi connectivity index (χ1) is 11.2. The number of fused-ring (bicyclic) bond motifs is 3. The third-order valence-electron chi connectivity index (χ3n) is 3.69. The molecule has 0 spiro atoms. The van der Waals surface area contributed by atoms with Crippen LogP contribution in [-0.4, -0.2) is 4.98 Å². The molecule has 0 bridgehead atoms. The molecule has 3 aromatic carbocycles. The van der Waals surface area contributed by atoms with Crippen LogP contribution in [0.5, 0.6) is 0 Å². The fraction of sp³-hybridized carbons (Fsp3) is 0. The van der Waals surface area contributed by atoms with Crippen molar-refractivity contribution in [2.45, 2.75) is 0 Å². The van der Waals surface area contributed by atoms with Gasteiger partial charge < -0.3 is 0 Å². The second-order valence-corrected chi connectivity index (χ2v) is 6.22. The van der Waals surface area contributed by atoms with E-state index in [1.807, 2.05) is 30.3 Å². The Kier molecular flexibility index (Phi) is 3.39. The summed E-state index contributed by atoms with van der Waals surface area (Å²) in [6.07, 6.45) is 3.09. The molecular formula is C19H11F2NS. The van der Waals surface area contributed by atoms with E-state index in [-0.39, 0.29) is 5.56 Å². The molecule has 0 aliphatic carbocycles. The molecule has 0 aliphatic rings. The van der Waals surface area contributed by atoms with Crippen LogP contribution in [0.4, 0.5) is 8.78 Å². The maximum atomic E-state index is 13.7. The van der Waals surface area contributed by atoms with Crippen molar-refractivity contribution in [3.05, 3.63) is 76.8 Å². The molecule has 0 saturated carbocycles. The lowest BCUT2D eigenvalue weighted by molar-refractivity contribution is 0.579.